The Morgan fingerprint density at radius 1 is 1.32 bits per heavy atom. The largest absolute Gasteiger partial charge is 0.497 e. The summed E-state index contributed by atoms with van der Waals surface area (Å²) in [5.74, 6) is 0.0886. The second-order valence-corrected chi connectivity index (χ2v) is 4.56. The molecule has 2 rings (SSSR count). The number of ether oxygens (including phenoxy) is 2. The van der Waals surface area contributed by atoms with Crippen LogP contribution < -0.4 is 4.74 Å². The summed E-state index contributed by atoms with van der Waals surface area (Å²) >= 11 is -1.95. The third-order valence-electron chi connectivity index (χ3n) is 2.60. The summed E-state index contributed by atoms with van der Waals surface area (Å²) in [6.45, 7) is 1.91. The molecule has 1 fully saturated rings. The summed E-state index contributed by atoms with van der Waals surface area (Å²) in [4.78, 5) is 11.7. The molecule has 0 N–H and O–H groups in total. The van der Waals surface area contributed by atoms with Crippen molar-refractivity contribution in [3.05, 3.63) is 29.8 Å². The van der Waals surface area contributed by atoms with E-state index >= 15 is 0 Å². The summed E-state index contributed by atoms with van der Waals surface area (Å²) in [5, 5.41) is 0. The van der Waals surface area contributed by atoms with E-state index in [0.29, 0.717) is 11.3 Å². The second-order valence-electron chi connectivity index (χ2n) is 3.76. The van der Waals surface area contributed by atoms with Gasteiger partial charge in [0.05, 0.1) is 13.7 Å². The van der Waals surface area contributed by atoms with Crippen LogP contribution in [0.15, 0.2) is 24.3 Å². The third-order valence-corrected chi connectivity index (χ3v) is 3.33. The molecule has 1 aliphatic rings. The standard InChI is InChI=1S/C12H14O6S/c1-3-16-12(13)11-10(17-19(14)18-11)8-4-6-9(15-2)7-5-8/h4-7,10-11H,3H2,1-2H3. The van der Waals surface area contributed by atoms with E-state index in [4.69, 9.17) is 17.8 Å². The van der Waals surface area contributed by atoms with E-state index in [1.54, 1.807) is 38.3 Å². The highest BCUT2D eigenvalue weighted by Gasteiger charge is 2.42. The maximum Gasteiger partial charge on any atom is 0.339 e. The van der Waals surface area contributed by atoms with Crippen molar-refractivity contribution in [3.63, 3.8) is 0 Å². The van der Waals surface area contributed by atoms with Gasteiger partial charge in [-0.1, -0.05) is 12.1 Å². The summed E-state index contributed by atoms with van der Waals surface area (Å²) in [7, 11) is 1.56. The first-order chi connectivity index (χ1) is 9.15. The minimum atomic E-state index is -1.95. The van der Waals surface area contributed by atoms with E-state index < -0.39 is 29.5 Å². The van der Waals surface area contributed by atoms with Crippen LogP contribution in [0.2, 0.25) is 0 Å². The number of carbonyl (C=O) groups is 1. The topological polar surface area (TPSA) is 71.1 Å². The third kappa shape index (κ3) is 3.12. The van der Waals surface area contributed by atoms with E-state index in [1.807, 2.05) is 0 Å². The Morgan fingerprint density at radius 2 is 2.00 bits per heavy atom. The van der Waals surface area contributed by atoms with Gasteiger partial charge in [0.1, 0.15) is 11.9 Å². The molecule has 0 aromatic heterocycles. The van der Waals surface area contributed by atoms with Gasteiger partial charge in [-0.3, -0.25) is 4.18 Å². The van der Waals surface area contributed by atoms with Gasteiger partial charge in [-0.25, -0.2) is 8.98 Å². The van der Waals surface area contributed by atoms with Gasteiger partial charge in [0.2, 0.25) is 6.10 Å². The highest BCUT2D eigenvalue weighted by atomic mass is 32.2. The molecular weight excluding hydrogens is 272 g/mol. The Balaban J connectivity index is 2.19. The maximum atomic E-state index is 11.7. The van der Waals surface area contributed by atoms with Crippen LogP contribution in [0.1, 0.15) is 18.6 Å². The van der Waals surface area contributed by atoms with Crippen LogP contribution in [0.4, 0.5) is 0 Å². The van der Waals surface area contributed by atoms with Gasteiger partial charge < -0.3 is 9.47 Å². The monoisotopic (exact) mass is 286 g/mol. The van der Waals surface area contributed by atoms with Crippen molar-refractivity contribution < 1.29 is 26.8 Å². The molecule has 0 amide bonds. The van der Waals surface area contributed by atoms with E-state index in [0.717, 1.165) is 0 Å². The minimum Gasteiger partial charge on any atom is -0.497 e. The number of esters is 1. The van der Waals surface area contributed by atoms with Crippen molar-refractivity contribution in [1.82, 2.24) is 0 Å². The van der Waals surface area contributed by atoms with Crippen LogP contribution in [0.5, 0.6) is 5.75 Å². The number of methoxy groups -OCH3 is 1. The second kappa shape index (κ2) is 6.14. The quantitative estimate of drug-likeness (QED) is 0.777. The van der Waals surface area contributed by atoms with Crippen molar-refractivity contribution in [2.24, 2.45) is 0 Å². The van der Waals surface area contributed by atoms with Crippen molar-refractivity contribution in [2.75, 3.05) is 13.7 Å². The van der Waals surface area contributed by atoms with Crippen LogP contribution in [0.3, 0.4) is 0 Å². The molecule has 1 aromatic rings. The molecule has 6 nitrogen and oxygen atoms in total. The highest BCUT2D eigenvalue weighted by molar-refractivity contribution is 7.75. The van der Waals surface area contributed by atoms with Crippen LogP contribution in [-0.2, 0) is 29.3 Å². The first-order valence-corrected chi connectivity index (χ1v) is 6.72. The summed E-state index contributed by atoms with van der Waals surface area (Å²) in [6, 6.07) is 6.90. The zero-order valence-corrected chi connectivity index (χ0v) is 11.3. The predicted octanol–water partition coefficient (Wildman–Crippen LogP) is 1.29. The van der Waals surface area contributed by atoms with E-state index in [2.05, 4.69) is 0 Å². The van der Waals surface area contributed by atoms with Crippen molar-refractivity contribution in [3.8, 4) is 5.75 Å². The van der Waals surface area contributed by atoms with Crippen molar-refractivity contribution >= 4 is 17.3 Å². The molecule has 0 spiro atoms. The smallest absolute Gasteiger partial charge is 0.339 e. The lowest BCUT2D eigenvalue weighted by Gasteiger charge is -2.14. The fourth-order valence-electron chi connectivity index (χ4n) is 1.70. The minimum absolute atomic E-state index is 0.223. The van der Waals surface area contributed by atoms with Crippen LogP contribution in [0, 0.1) is 0 Å². The van der Waals surface area contributed by atoms with E-state index in [1.165, 1.54) is 0 Å². The van der Waals surface area contributed by atoms with Gasteiger partial charge in [-0.2, -0.15) is 4.21 Å². The van der Waals surface area contributed by atoms with Crippen LogP contribution in [0.25, 0.3) is 0 Å². The zero-order chi connectivity index (χ0) is 13.8. The Labute approximate surface area is 113 Å². The molecule has 19 heavy (non-hydrogen) atoms. The molecule has 1 aromatic carbocycles. The molecule has 0 bridgehead atoms. The zero-order valence-electron chi connectivity index (χ0n) is 10.5. The predicted molar refractivity (Wildman–Crippen MR) is 66.5 cm³/mol. The average molecular weight is 286 g/mol. The molecule has 1 aliphatic heterocycles. The average Bonchev–Trinajstić information content (AvgIpc) is 2.81. The number of hydrogen-bond acceptors (Lipinski definition) is 6. The Hall–Kier alpha value is -1.44. The molecular formula is C12H14O6S. The van der Waals surface area contributed by atoms with Gasteiger partial charge in [0.25, 0.3) is 0 Å². The maximum absolute atomic E-state index is 11.7. The van der Waals surface area contributed by atoms with Crippen LogP contribution >= 0.6 is 0 Å². The Kier molecular flexibility index (Phi) is 4.52. The first-order valence-electron chi connectivity index (χ1n) is 5.72. The van der Waals surface area contributed by atoms with Gasteiger partial charge in [-0.15, -0.1) is 0 Å². The summed E-state index contributed by atoms with van der Waals surface area (Å²) in [5.41, 5.74) is 0.671. The molecule has 0 aliphatic carbocycles. The molecule has 3 unspecified atom stereocenters. The molecule has 0 saturated carbocycles. The Bertz CT molecular complexity index is 472. The molecule has 3 atom stereocenters. The van der Waals surface area contributed by atoms with Crippen molar-refractivity contribution in [1.29, 1.82) is 0 Å². The lowest BCUT2D eigenvalue weighted by molar-refractivity contribution is -0.152. The molecule has 7 heteroatoms. The van der Waals surface area contributed by atoms with Gasteiger partial charge in [-0.05, 0) is 24.6 Å². The Morgan fingerprint density at radius 3 is 2.58 bits per heavy atom. The van der Waals surface area contributed by atoms with Crippen LogP contribution in [-0.4, -0.2) is 30.0 Å². The van der Waals surface area contributed by atoms with Gasteiger partial charge in [0, 0.05) is 0 Å². The van der Waals surface area contributed by atoms with Crippen molar-refractivity contribution in [2.45, 2.75) is 19.1 Å². The SMILES string of the molecule is CCOC(=O)C1OS(=O)OC1c1ccc(OC)cc1. The number of benzene rings is 1. The lowest BCUT2D eigenvalue weighted by atomic mass is 10.0. The normalized spacial score (nSPS) is 26.1. The fourth-order valence-corrected chi connectivity index (χ4v) is 2.48. The lowest BCUT2D eigenvalue weighted by Crippen LogP contribution is -2.28. The van der Waals surface area contributed by atoms with Gasteiger partial charge in [0.15, 0.2) is 0 Å². The summed E-state index contributed by atoms with van der Waals surface area (Å²) in [6.07, 6.45) is -1.76. The number of rotatable bonds is 4. The molecule has 104 valence electrons. The molecule has 1 saturated heterocycles. The number of hydrogen-bond donors (Lipinski definition) is 0. The fraction of sp³-hybridized carbons (Fsp3) is 0.417. The van der Waals surface area contributed by atoms with E-state index in [-0.39, 0.29) is 6.61 Å². The first kappa shape index (κ1) is 14.0. The van der Waals surface area contributed by atoms with E-state index in [9.17, 15) is 9.00 Å². The molecule has 1 heterocycles. The summed E-state index contributed by atoms with van der Waals surface area (Å²) < 4.78 is 31.3. The van der Waals surface area contributed by atoms with Gasteiger partial charge >= 0.3 is 17.3 Å². The number of carbonyl (C=O) groups excluding carboxylic acids is 1. The highest BCUT2D eigenvalue weighted by Crippen LogP contribution is 2.33. The molecule has 0 radical (unpaired) electrons.